The summed E-state index contributed by atoms with van der Waals surface area (Å²) in [6.07, 6.45) is 3.08. The van der Waals surface area contributed by atoms with Crippen LogP contribution in [0.15, 0.2) is 33.2 Å². The molecule has 0 saturated heterocycles. The van der Waals surface area contributed by atoms with Gasteiger partial charge in [0, 0.05) is 15.0 Å². The largest absolute Gasteiger partial charge is 0.466 e. The number of methoxy groups -OCH3 is 1. The van der Waals surface area contributed by atoms with Crippen molar-refractivity contribution in [1.29, 1.82) is 0 Å². The van der Waals surface area contributed by atoms with Crippen LogP contribution in [0.5, 0.6) is 0 Å². The van der Waals surface area contributed by atoms with Crippen LogP contribution < -0.4 is 0 Å². The van der Waals surface area contributed by atoms with Crippen molar-refractivity contribution in [1.82, 2.24) is 0 Å². The molecule has 74 valence electrons. The van der Waals surface area contributed by atoms with Gasteiger partial charge in [0.25, 0.3) is 0 Å². The number of esters is 1. The molecule has 0 spiro atoms. The summed E-state index contributed by atoms with van der Waals surface area (Å²) < 4.78 is 6.39. The summed E-state index contributed by atoms with van der Waals surface area (Å²) >= 11 is 6.71. The number of benzene rings is 1. The number of rotatable bonds is 2. The first-order chi connectivity index (χ1) is 6.61. The van der Waals surface area contributed by atoms with Gasteiger partial charge in [-0.3, -0.25) is 0 Å². The summed E-state index contributed by atoms with van der Waals surface area (Å²) in [6, 6.07) is 5.74. The lowest BCUT2D eigenvalue weighted by atomic mass is 10.2. The molecule has 1 rings (SSSR count). The van der Waals surface area contributed by atoms with E-state index < -0.39 is 0 Å². The molecular weight excluding hydrogens is 312 g/mol. The number of ether oxygens (including phenoxy) is 1. The van der Waals surface area contributed by atoms with Gasteiger partial charge in [0.05, 0.1) is 7.11 Å². The lowest BCUT2D eigenvalue weighted by molar-refractivity contribution is -0.134. The molecular formula is C10H8Br2O2. The van der Waals surface area contributed by atoms with E-state index in [9.17, 15) is 4.79 Å². The highest BCUT2D eigenvalue weighted by atomic mass is 79.9. The van der Waals surface area contributed by atoms with Crippen LogP contribution in [0.4, 0.5) is 0 Å². The summed E-state index contributed by atoms with van der Waals surface area (Å²) in [6.45, 7) is 0. The number of carbonyl (C=O) groups is 1. The van der Waals surface area contributed by atoms with E-state index in [1.54, 1.807) is 6.08 Å². The number of carbonyl (C=O) groups excluding carboxylic acids is 1. The zero-order chi connectivity index (χ0) is 10.6. The summed E-state index contributed by atoms with van der Waals surface area (Å²) in [4.78, 5) is 10.8. The quantitative estimate of drug-likeness (QED) is 0.617. The van der Waals surface area contributed by atoms with Crippen LogP contribution in [0.25, 0.3) is 6.08 Å². The second-order valence-corrected chi connectivity index (χ2v) is 4.39. The van der Waals surface area contributed by atoms with Gasteiger partial charge in [-0.05, 0) is 29.8 Å². The Labute approximate surface area is 99.2 Å². The lowest BCUT2D eigenvalue weighted by Crippen LogP contribution is -1.93. The molecule has 4 heteroatoms. The molecule has 2 nitrogen and oxygen atoms in total. The molecule has 0 amide bonds. The van der Waals surface area contributed by atoms with Crippen molar-refractivity contribution in [2.24, 2.45) is 0 Å². The van der Waals surface area contributed by atoms with Crippen LogP contribution >= 0.6 is 31.9 Å². The standard InChI is InChI=1S/C10H8Br2O2/c1-14-10(13)3-2-7-4-8(11)6-9(12)5-7/h2-6H,1H3/b3-2+. The first-order valence-corrected chi connectivity index (χ1v) is 5.42. The smallest absolute Gasteiger partial charge is 0.330 e. The number of halogens is 2. The predicted molar refractivity (Wildman–Crippen MR) is 62.9 cm³/mol. The minimum absolute atomic E-state index is 0.360. The normalized spacial score (nSPS) is 10.5. The summed E-state index contributed by atoms with van der Waals surface area (Å²) in [5.74, 6) is -0.360. The molecule has 0 unspecified atom stereocenters. The predicted octanol–water partition coefficient (Wildman–Crippen LogP) is 3.40. The summed E-state index contributed by atoms with van der Waals surface area (Å²) in [5, 5.41) is 0. The van der Waals surface area contributed by atoms with Gasteiger partial charge in [-0.15, -0.1) is 0 Å². The van der Waals surface area contributed by atoms with Crippen molar-refractivity contribution >= 4 is 43.9 Å². The number of hydrogen-bond acceptors (Lipinski definition) is 2. The third-order valence-corrected chi connectivity index (χ3v) is 2.41. The molecule has 0 aliphatic rings. The Morgan fingerprint density at radius 2 is 1.86 bits per heavy atom. The molecule has 0 heterocycles. The maximum Gasteiger partial charge on any atom is 0.330 e. The van der Waals surface area contributed by atoms with E-state index in [0.717, 1.165) is 14.5 Å². The summed E-state index contributed by atoms with van der Waals surface area (Å²) in [7, 11) is 1.35. The van der Waals surface area contributed by atoms with Crippen LogP contribution in [0.3, 0.4) is 0 Å². The van der Waals surface area contributed by atoms with Gasteiger partial charge in [0.15, 0.2) is 0 Å². The van der Waals surface area contributed by atoms with E-state index >= 15 is 0 Å². The van der Waals surface area contributed by atoms with Crippen molar-refractivity contribution < 1.29 is 9.53 Å². The second kappa shape index (κ2) is 5.32. The van der Waals surface area contributed by atoms with Crippen molar-refractivity contribution in [3.8, 4) is 0 Å². The fraction of sp³-hybridized carbons (Fsp3) is 0.100. The minimum Gasteiger partial charge on any atom is -0.466 e. The van der Waals surface area contributed by atoms with E-state index in [4.69, 9.17) is 0 Å². The van der Waals surface area contributed by atoms with E-state index in [2.05, 4.69) is 36.6 Å². The Bertz CT molecular complexity index is 352. The first kappa shape index (κ1) is 11.5. The highest BCUT2D eigenvalue weighted by Gasteiger charge is 1.95. The average Bonchev–Trinajstić information content (AvgIpc) is 2.12. The monoisotopic (exact) mass is 318 g/mol. The van der Waals surface area contributed by atoms with Crippen LogP contribution in [-0.2, 0) is 9.53 Å². The maximum absolute atomic E-state index is 10.8. The highest BCUT2D eigenvalue weighted by molar-refractivity contribution is 9.11. The van der Waals surface area contributed by atoms with Gasteiger partial charge in [-0.2, -0.15) is 0 Å². The van der Waals surface area contributed by atoms with Gasteiger partial charge in [-0.25, -0.2) is 4.79 Å². The fourth-order valence-electron chi connectivity index (χ4n) is 0.904. The van der Waals surface area contributed by atoms with Crippen molar-refractivity contribution in [2.45, 2.75) is 0 Å². The van der Waals surface area contributed by atoms with E-state index in [1.807, 2.05) is 18.2 Å². The SMILES string of the molecule is COC(=O)/C=C/c1cc(Br)cc(Br)c1. The molecule has 0 N–H and O–H groups in total. The Morgan fingerprint density at radius 1 is 1.29 bits per heavy atom. The van der Waals surface area contributed by atoms with Crippen LogP contribution in [-0.4, -0.2) is 13.1 Å². The number of hydrogen-bond donors (Lipinski definition) is 0. The molecule has 0 bridgehead atoms. The maximum atomic E-state index is 10.8. The Morgan fingerprint density at radius 3 is 2.36 bits per heavy atom. The first-order valence-electron chi connectivity index (χ1n) is 3.84. The van der Waals surface area contributed by atoms with Crippen molar-refractivity contribution in [3.05, 3.63) is 38.8 Å². The van der Waals surface area contributed by atoms with Gasteiger partial charge in [0.2, 0.25) is 0 Å². The molecule has 0 fully saturated rings. The van der Waals surface area contributed by atoms with Crippen LogP contribution in [0.1, 0.15) is 5.56 Å². The molecule has 0 saturated carbocycles. The topological polar surface area (TPSA) is 26.3 Å². The molecule has 0 aromatic heterocycles. The minimum atomic E-state index is -0.360. The Hall–Kier alpha value is -0.610. The third kappa shape index (κ3) is 3.64. The molecule has 14 heavy (non-hydrogen) atoms. The average molecular weight is 320 g/mol. The van der Waals surface area contributed by atoms with Gasteiger partial charge in [0.1, 0.15) is 0 Å². The van der Waals surface area contributed by atoms with Crippen LogP contribution in [0, 0.1) is 0 Å². The van der Waals surface area contributed by atoms with Gasteiger partial charge < -0.3 is 4.74 Å². The summed E-state index contributed by atoms with van der Waals surface area (Å²) in [5.41, 5.74) is 0.927. The lowest BCUT2D eigenvalue weighted by Gasteiger charge is -1.97. The fourth-order valence-corrected chi connectivity index (χ4v) is 2.23. The molecule has 1 aromatic carbocycles. The molecule has 0 atom stereocenters. The van der Waals surface area contributed by atoms with Gasteiger partial charge in [-0.1, -0.05) is 31.9 Å². The van der Waals surface area contributed by atoms with E-state index in [0.29, 0.717) is 0 Å². The molecule has 0 aliphatic carbocycles. The van der Waals surface area contributed by atoms with Gasteiger partial charge >= 0.3 is 5.97 Å². The molecule has 0 radical (unpaired) electrons. The van der Waals surface area contributed by atoms with E-state index in [1.165, 1.54) is 13.2 Å². The third-order valence-electron chi connectivity index (χ3n) is 1.50. The molecule has 1 aromatic rings. The van der Waals surface area contributed by atoms with Crippen LogP contribution in [0.2, 0.25) is 0 Å². The highest BCUT2D eigenvalue weighted by Crippen LogP contribution is 2.20. The zero-order valence-corrected chi connectivity index (χ0v) is 10.6. The Balaban J connectivity index is 2.86. The van der Waals surface area contributed by atoms with Crippen molar-refractivity contribution in [3.63, 3.8) is 0 Å². The van der Waals surface area contributed by atoms with E-state index in [-0.39, 0.29) is 5.97 Å². The molecule has 0 aliphatic heterocycles. The van der Waals surface area contributed by atoms with Crippen molar-refractivity contribution in [2.75, 3.05) is 7.11 Å². The zero-order valence-electron chi connectivity index (χ0n) is 7.46. The Kier molecular flexibility index (Phi) is 4.35. The second-order valence-electron chi connectivity index (χ2n) is 2.56.